The Kier molecular flexibility index (Phi) is 5.19. The van der Waals surface area contributed by atoms with Crippen LogP contribution in [0.5, 0.6) is 0 Å². The van der Waals surface area contributed by atoms with Crippen LogP contribution in [0.1, 0.15) is 19.3 Å². The monoisotopic (exact) mass is 312 g/mol. The summed E-state index contributed by atoms with van der Waals surface area (Å²) in [4.78, 5) is 13.6. The molecule has 0 N–H and O–H groups in total. The van der Waals surface area contributed by atoms with Gasteiger partial charge in [-0.3, -0.25) is 0 Å². The second-order valence-electron chi connectivity index (χ2n) is 5.00. The maximum absolute atomic E-state index is 12.2. The second-order valence-corrected chi connectivity index (χ2v) is 7.05. The van der Waals surface area contributed by atoms with Crippen molar-refractivity contribution in [2.75, 3.05) is 26.9 Å². The van der Waals surface area contributed by atoms with Gasteiger partial charge in [0.15, 0.2) is 6.73 Å². The highest BCUT2D eigenvalue weighted by Crippen LogP contribution is 2.14. The molecule has 1 heterocycles. The highest BCUT2D eigenvalue weighted by molar-refractivity contribution is 7.89. The van der Waals surface area contributed by atoms with Crippen LogP contribution < -0.4 is 0 Å². The van der Waals surface area contributed by atoms with Gasteiger partial charge in [0.25, 0.3) is 0 Å². The molecule has 0 saturated carbocycles. The lowest BCUT2D eigenvalue weighted by molar-refractivity contribution is 0.0726. The van der Waals surface area contributed by atoms with Crippen molar-refractivity contribution in [2.24, 2.45) is 0 Å². The van der Waals surface area contributed by atoms with Crippen LogP contribution in [0.4, 0.5) is 4.79 Å². The molecule has 1 saturated heterocycles. The number of hydrogen-bond donors (Lipinski definition) is 0. The average Bonchev–Trinajstić information content (AvgIpc) is 2.53. The number of likely N-dealkylation sites (tertiary alicyclic amines) is 1. The van der Waals surface area contributed by atoms with Crippen LogP contribution in [0, 0.1) is 0 Å². The van der Waals surface area contributed by atoms with E-state index in [0.717, 1.165) is 23.6 Å². The van der Waals surface area contributed by atoms with Crippen LogP contribution in [-0.2, 0) is 14.8 Å². The zero-order chi connectivity index (χ0) is 15.3. The first kappa shape index (κ1) is 15.8. The van der Waals surface area contributed by atoms with E-state index >= 15 is 0 Å². The fraction of sp³-hybridized carbons (Fsp3) is 0.500. The van der Waals surface area contributed by atoms with Gasteiger partial charge in [0.1, 0.15) is 0 Å². The van der Waals surface area contributed by atoms with Crippen molar-refractivity contribution in [2.45, 2.75) is 24.2 Å². The average molecular weight is 312 g/mol. The number of sulfonamides is 1. The maximum Gasteiger partial charge on any atom is 0.411 e. The van der Waals surface area contributed by atoms with Crippen molar-refractivity contribution in [3.05, 3.63) is 30.3 Å². The van der Waals surface area contributed by atoms with Crippen molar-refractivity contribution >= 4 is 16.1 Å². The van der Waals surface area contributed by atoms with Crippen LogP contribution >= 0.6 is 0 Å². The molecular formula is C14H20N2O4S. The van der Waals surface area contributed by atoms with Crippen LogP contribution in [0.3, 0.4) is 0 Å². The van der Waals surface area contributed by atoms with E-state index in [4.69, 9.17) is 4.74 Å². The van der Waals surface area contributed by atoms with Gasteiger partial charge in [-0.25, -0.2) is 13.2 Å². The van der Waals surface area contributed by atoms with E-state index in [9.17, 15) is 13.2 Å². The number of rotatable bonds is 4. The Labute approximate surface area is 125 Å². The normalized spacial score (nSPS) is 16.0. The second kappa shape index (κ2) is 6.91. The van der Waals surface area contributed by atoms with Gasteiger partial charge in [-0.1, -0.05) is 18.2 Å². The fourth-order valence-electron chi connectivity index (χ4n) is 2.16. The molecule has 116 valence electrons. The van der Waals surface area contributed by atoms with E-state index in [1.54, 1.807) is 23.1 Å². The number of carbonyl (C=O) groups is 1. The van der Waals surface area contributed by atoms with E-state index in [2.05, 4.69) is 0 Å². The molecule has 1 amide bonds. The summed E-state index contributed by atoms with van der Waals surface area (Å²) in [5.74, 6) is 0. The van der Waals surface area contributed by atoms with Crippen molar-refractivity contribution in [3.8, 4) is 0 Å². The first-order valence-electron chi connectivity index (χ1n) is 6.95. The molecule has 1 aromatic rings. The molecule has 1 fully saturated rings. The van der Waals surface area contributed by atoms with Gasteiger partial charge in [0, 0.05) is 20.1 Å². The quantitative estimate of drug-likeness (QED) is 0.796. The highest BCUT2D eigenvalue weighted by atomic mass is 32.2. The summed E-state index contributed by atoms with van der Waals surface area (Å²) in [5, 5.41) is 0. The van der Waals surface area contributed by atoms with Crippen LogP contribution in [0.15, 0.2) is 35.2 Å². The number of nitrogens with zero attached hydrogens (tertiary/aromatic N) is 2. The Balaban J connectivity index is 1.92. The largest absolute Gasteiger partial charge is 0.432 e. The molecule has 21 heavy (non-hydrogen) atoms. The lowest BCUT2D eigenvalue weighted by atomic mass is 10.1. The third kappa shape index (κ3) is 3.95. The maximum atomic E-state index is 12.2. The Bertz CT molecular complexity index is 568. The number of hydrogen-bond acceptors (Lipinski definition) is 4. The van der Waals surface area contributed by atoms with Gasteiger partial charge in [0.05, 0.1) is 4.90 Å². The lowest BCUT2D eigenvalue weighted by Gasteiger charge is -2.26. The Morgan fingerprint density at radius 2 is 1.81 bits per heavy atom. The fourth-order valence-corrected chi connectivity index (χ4v) is 3.21. The van der Waals surface area contributed by atoms with E-state index in [1.807, 2.05) is 0 Å². The summed E-state index contributed by atoms with van der Waals surface area (Å²) in [6.45, 7) is 1.06. The number of amides is 1. The summed E-state index contributed by atoms with van der Waals surface area (Å²) in [6.07, 6.45) is 2.59. The molecule has 0 bridgehead atoms. The van der Waals surface area contributed by atoms with E-state index in [1.165, 1.54) is 19.2 Å². The van der Waals surface area contributed by atoms with Crippen molar-refractivity contribution in [1.82, 2.24) is 9.21 Å². The Morgan fingerprint density at radius 3 is 2.43 bits per heavy atom. The number of piperidine rings is 1. The standard InChI is InChI=1S/C14H20N2O4S/c1-15(21(18,19)13-8-4-2-5-9-13)12-20-14(17)16-10-6-3-7-11-16/h2,4-5,8-9H,3,6-7,10-12H2,1H3. The zero-order valence-electron chi connectivity index (χ0n) is 12.1. The van der Waals surface area contributed by atoms with E-state index in [-0.39, 0.29) is 11.6 Å². The molecule has 2 rings (SSSR count). The molecule has 0 aliphatic carbocycles. The SMILES string of the molecule is CN(COC(=O)N1CCCCC1)S(=O)(=O)c1ccccc1. The molecule has 0 unspecified atom stereocenters. The van der Waals surface area contributed by atoms with Gasteiger partial charge in [-0.05, 0) is 31.4 Å². The lowest BCUT2D eigenvalue weighted by Crippen LogP contribution is -2.39. The molecule has 1 aliphatic rings. The summed E-state index contributed by atoms with van der Waals surface area (Å²) >= 11 is 0. The van der Waals surface area contributed by atoms with Crippen LogP contribution in [0.2, 0.25) is 0 Å². The number of carbonyl (C=O) groups excluding carboxylic acids is 1. The highest BCUT2D eigenvalue weighted by Gasteiger charge is 2.23. The van der Waals surface area contributed by atoms with E-state index < -0.39 is 16.1 Å². The zero-order valence-corrected chi connectivity index (χ0v) is 12.9. The topological polar surface area (TPSA) is 66.9 Å². The van der Waals surface area contributed by atoms with Crippen molar-refractivity contribution in [1.29, 1.82) is 0 Å². The number of benzene rings is 1. The first-order valence-corrected chi connectivity index (χ1v) is 8.39. The van der Waals surface area contributed by atoms with Crippen molar-refractivity contribution < 1.29 is 17.9 Å². The molecule has 6 nitrogen and oxygen atoms in total. The molecule has 1 aliphatic heterocycles. The van der Waals surface area contributed by atoms with Gasteiger partial charge in [-0.2, -0.15) is 4.31 Å². The molecule has 7 heteroatoms. The molecule has 1 aromatic carbocycles. The third-order valence-electron chi connectivity index (χ3n) is 3.44. The summed E-state index contributed by atoms with van der Waals surface area (Å²) in [5.41, 5.74) is 0. The van der Waals surface area contributed by atoms with Crippen LogP contribution in [0.25, 0.3) is 0 Å². The molecular weight excluding hydrogens is 292 g/mol. The van der Waals surface area contributed by atoms with Gasteiger partial charge in [0.2, 0.25) is 10.0 Å². The Morgan fingerprint density at radius 1 is 1.19 bits per heavy atom. The summed E-state index contributed by atoms with van der Waals surface area (Å²) < 4.78 is 30.6. The van der Waals surface area contributed by atoms with Crippen LogP contribution in [-0.4, -0.2) is 50.6 Å². The minimum Gasteiger partial charge on any atom is -0.432 e. The Hall–Kier alpha value is -1.60. The van der Waals surface area contributed by atoms with Gasteiger partial charge in [-0.15, -0.1) is 0 Å². The molecule has 0 atom stereocenters. The molecule has 0 radical (unpaired) electrons. The predicted molar refractivity (Wildman–Crippen MR) is 78.2 cm³/mol. The first-order chi connectivity index (χ1) is 10.0. The minimum atomic E-state index is -3.63. The molecule has 0 spiro atoms. The molecule has 0 aromatic heterocycles. The number of ether oxygens (including phenoxy) is 1. The summed E-state index contributed by atoms with van der Waals surface area (Å²) in [6, 6.07) is 8.08. The third-order valence-corrected chi connectivity index (χ3v) is 5.23. The smallest absolute Gasteiger partial charge is 0.411 e. The van der Waals surface area contributed by atoms with Gasteiger partial charge < -0.3 is 9.64 Å². The van der Waals surface area contributed by atoms with Crippen molar-refractivity contribution in [3.63, 3.8) is 0 Å². The minimum absolute atomic E-state index is 0.182. The summed E-state index contributed by atoms with van der Waals surface area (Å²) in [7, 11) is -2.23. The van der Waals surface area contributed by atoms with Gasteiger partial charge >= 0.3 is 6.09 Å². The predicted octanol–water partition coefficient (Wildman–Crippen LogP) is 1.89. The van der Waals surface area contributed by atoms with E-state index in [0.29, 0.717) is 13.1 Å².